The molecule has 0 spiro atoms. The van der Waals surface area contributed by atoms with E-state index in [1.165, 1.54) is 6.07 Å². The molecule has 0 atom stereocenters. The number of nitrogens with one attached hydrogen (secondary N) is 1. The Morgan fingerprint density at radius 3 is 1.71 bits per heavy atom. The van der Waals surface area contributed by atoms with Crippen LogP contribution in [0.25, 0.3) is 22.3 Å². The Balaban J connectivity index is 1.49. The van der Waals surface area contributed by atoms with Crippen molar-refractivity contribution in [1.82, 2.24) is 0 Å². The van der Waals surface area contributed by atoms with Gasteiger partial charge in [0.25, 0.3) is 5.91 Å². The molecule has 1 amide bonds. The van der Waals surface area contributed by atoms with Gasteiger partial charge in [-0.25, -0.2) is 4.79 Å². The van der Waals surface area contributed by atoms with Gasteiger partial charge in [0.2, 0.25) is 0 Å². The van der Waals surface area contributed by atoms with Gasteiger partial charge < -0.3 is 15.2 Å². The molecule has 5 rings (SSSR count). The summed E-state index contributed by atoms with van der Waals surface area (Å²) in [6, 6.07) is 39.4. The van der Waals surface area contributed by atoms with E-state index >= 15 is 0 Å². The Hall–Kier alpha value is -5.16. The SMILES string of the molecule is O=C(O)c1ccc(-c2ccccc2)cc1NC(=O)c1ccc(-c2ccccc2)cc1OCc1ccccc1. The van der Waals surface area contributed by atoms with Crippen molar-refractivity contribution in [2.24, 2.45) is 0 Å². The summed E-state index contributed by atoms with van der Waals surface area (Å²) in [6.07, 6.45) is 0. The number of hydrogen-bond donors (Lipinski definition) is 2. The van der Waals surface area contributed by atoms with E-state index in [1.54, 1.807) is 18.2 Å². The molecule has 2 N–H and O–H groups in total. The van der Waals surface area contributed by atoms with Crippen molar-refractivity contribution in [3.8, 4) is 28.0 Å². The van der Waals surface area contributed by atoms with E-state index in [0.717, 1.165) is 27.8 Å². The maximum Gasteiger partial charge on any atom is 0.337 e. The third kappa shape index (κ3) is 5.63. The summed E-state index contributed by atoms with van der Waals surface area (Å²) < 4.78 is 6.14. The fraction of sp³-hybridized carbons (Fsp3) is 0.0303. The summed E-state index contributed by atoms with van der Waals surface area (Å²) >= 11 is 0. The molecule has 5 aromatic rings. The van der Waals surface area contributed by atoms with Gasteiger partial charge in [-0.3, -0.25) is 4.79 Å². The van der Waals surface area contributed by atoms with Crippen LogP contribution in [0, 0.1) is 0 Å². The molecule has 186 valence electrons. The van der Waals surface area contributed by atoms with Crippen LogP contribution in [0.5, 0.6) is 5.75 Å². The molecule has 0 heterocycles. The Kier molecular flexibility index (Phi) is 7.27. The number of amides is 1. The number of carbonyl (C=O) groups excluding carboxylic acids is 1. The molecule has 0 bridgehead atoms. The van der Waals surface area contributed by atoms with Crippen molar-refractivity contribution in [3.63, 3.8) is 0 Å². The number of aromatic carboxylic acids is 1. The third-order valence-electron chi connectivity index (χ3n) is 6.18. The second-order valence-electron chi connectivity index (χ2n) is 8.74. The topological polar surface area (TPSA) is 75.6 Å². The van der Waals surface area contributed by atoms with E-state index in [4.69, 9.17) is 4.74 Å². The van der Waals surface area contributed by atoms with Crippen LogP contribution in [0.3, 0.4) is 0 Å². The number of rotatable bonds is 8. The average molecular weight is 500 g/mol. The predicted molar refractivity (Wildman–Crippen MR) is 149 cm³/mol. The van der Waals surface area contributed by atoms with Crippen LogP contribution in [0.1, 0.15) is 26.3 Å². The molecule has 5 heteroatoms. The molecule has 0 aliphatic carbocycles. The number of hydrogen-bond acceptors (Lipinski definition) is 3. The lowest BCUT2D eigenvalue weighted by atomic mass is 10.0. The van der Waals surface area contributed by atoms with Crippen LogP contribution >= 0.6 is 0 Å². The fourth-order valence-corrected chi connectivity index (χ4v) is 4.21. The van der Waals surface area contributed by atoms with Crippen molar-refractivity contribution in [1.29, 1.82) is 0 Å². The van der Waals surface area contributed by atoms with E-state index in [0.29, 0.717) is 11.3 Å². The van der Waals surface area contributed by atoms with E-state index in [2.05, 4.69) is 5.32 Å². The average Bonchev–Trinajstić information content (AvgIpc) is 2.97. The standard InChI is InChI=1S/C33H25NO4/c35-32(34-30-20-26(16-18-28(30)33(36)37)24-12-6-2-7-13-24)29-19-17-27(25-14-8-3-9-15-25)21-31(29)38-22-23-10-4-1-5-11-23/h1-21H,22H2,(H,34,35)(H,36,37). The minimum atomic E-state index is -1.13. The summed E-state index contributed by atoms with van der Waals surface area (Å²) in [5.41, 5.74) is 5.10. The maximum atomic E-state index is 13.5. The number of ether oxygens (including phenoxy) is 1. The molecule has 0 aliphatic rings. The first-order chi connectivity index (χ1) is 18.6. The first kappa shape index (κ1) is 24.5. The molecule has 0 saturated heterocycles. The second kappa shape index (κ2) is 11.3. The fourth-order valence-electron chi connectivity index (χ4n) is 4.21. The monoisotopic (exact) mass is 499 g/mol. The molecule has 0 fully saturated rings. The molecule has 0 saturated carbocycles. The smallest absolute Gasteiger partial charge is 0.337 e. The summed E-state index contributed by atoms with van der Waals surface area (Å²) in [4.78, 5) is 25.5. The zero-order valence-electron chi connectivity index (χ0n) is 20.5. The number of carbonyl (C=O) groups is 2. The number of anilines is 1. The molecular weight excluding hydrogens is 474 g/mol. The highest BCUT2D eigenvalue weighted by Gasteiger charge is 2.19. The molecule has 0 aromatic heterocycles. The lowest BCUT2D eigenvalue weighted by Crippen LogP contribution is -2.16. The lowest BCUT2D eigenvalue weighted by Gasteiger charge is -2.15. The van der Waals surface area contributed by atoms with Gasteiger partial charge in [-0.05, 0) is 52.1 Å². The summed E-state index contributed by atoms with van der Waals surface area (Å²) in [5, 5.41) is 12.6. The van der Waals surface area contributed by atoms with Crippen LogP contribution in [0.2, 0.25) is 0 Å². The molecule has 0 radical (unpaired) electrons. The number of carboxylic acid groups (broad SMARTS) is 1. The van der Waals surface area contributed by atoms with Crippen molar-refractivity contribution in [2.45, 2.75) is 6.61 Å². The van der Waals surface area contributed by atoms with Crippen LogP contribution in [0.15, 0.2) is 127 Å². The Labute approximate surface area is 221 Å². The first-order valence-corrected chi connectivity index (χ1v) is 12.2. The highest BCUT2D eigenvalue weighted by molar-refractivity contribution is 6.09. The largest absolute Gasteiger partial charge is 0.488 e. The van der Waals surface area contributed by atoms with Gasteiger partial charge in [0, 0.05) is 0 Å². The van der Waals surface area contributed by atoms with Crippen molar-refractivity contribution >= 4 is 17.6 Å². The van der Waals surface area contributed by atoms with Gasteiger partial charge in [0.05, 0.1) is 16.8 Å². The molecule has 5 nitrogen and oxygen atoms in total. The maximum absolute atomic E-state index is 13.5. The van der Waals surface area contributed by atoms with Crippen molar-refractivity contribution in [3.05, 3.63) is 144 Å². The van der Waals surface area contributed by atoms with E-state index in [-0.39, 0.29) is 17.9 Å². The Morgan fingerprint density at radius 1 is 0.605 bits per heavy atom. The quantitative estimate of drug-likeness (QED) is 0.231. The Bertz CT molecular complexity index is 1570. The van der Waals surface area contributed by atoms with E-state index in [1.807, 2.05) is 103 Å². The van der Waals surface area contributed by atoms with Gasteiger partial charge in [-0.15, -0.1) is 0 Å². The number of benzene rings is 5. The minimum absolute atomic E-state index is 0.00527. The zero-order valence-corrected chi connectivity index (χ0v) is 20.5. The van der Waals surface area contributed by atoms with Crippen molar-refractivity contribution in [2.75, 3.05) is 5.32 Å². The molecule has 0 unspecified atom stereocenters. The zero-order chi connectivity index (χ0) is 26.3. The van der Waals surface area contributed by atoms with E-state index in [9.17, 15) is 14.7 Å². The second-order valence-corrected chi connectivity index (χ2v) is 8.74. The van der Waals surface area contributed by atoms with Gasteiger partial charge in [-0.2, -0.15) is 0 Å². The Morgan fingerprint density at radius 2 is 1.13 bits per heavy atom. The third-order valence-corrected chi connectivity index (χ3v) is 6.18. The van der Waals surface area contributed by atoms with Gasteiger partial charge in [-0.1, -0.05) is 103 Å². The highest BCUT2D eigenvalue weighted by Crippen LogP contribution is 2.31. The molecular formula is C33H25NO4. The molecule has 5 aromatic carbocycles. The van der Waals surface area contributed by atoms with Crippen molar-refractivity contribution < 1.29 is 19.4 Å². The van der Waals surface area contributed by atoms with Crippen LogP contribution < -0.4 is 10.1 Å². The van der Waals surface area contributed by atoms with Crippen LogP contribution in [-0.2, 0) is 6.61 Å². The number of carboxylic acids is 1. The van der Waals surface area contributed by atoms with Crippen LogP contribution in [0.4, 0.5) is 5.69 Å². The van der Waals surface area contributed by atoms with Gasteiger partial charge >= 0.3 is 5.97 Å². The van der Waals surface area contributed by atoms with Crippen LogP contribution in [-0.4, -0.2) is 17.0 Å². The first-order valence-electron chi connectivity index (χ1n) is 12.2. The summed E-state index contributed by atoms with van der Waals surface area (Å²) in [7, 11) is 0. The van der Waals surface area contributed by atoms with E-state index < -0.39 is 11.9 Å². The predicted octanol–water partition coefficient (Wildman–Crippen LogP) is 7.55. The minimum Gasteiger partial charge on any atom is -0.488 e. The highest BCUT2D eigenvalue weighted by atomic mass is 16.5. The summed E-state index contributed by atoms with van der Waals surface area (Å²) in [5.74, 6) is -1.18. The molecule has 0 aliphatic heterocycles. The summed E-state index contributed by atoms with van der Waals surface area (Å²) in [6.45, 7) is 0.281. The van der Waals surface area contributed by atoms with Gasteiger partial charge in [0.15, 0.2) is 0 Å². The normalized spacial score (nSPS) is 10.5. The lowest BCUT2D eigenvalue weighted by molar-refractivity contribution is 0.0698. The molecule has 38 heavy (non-hydrogen) atoms. The van der Waals surface area contributed by atoms with Gasteiger partial charge in [0.1, 0.15) is 12.4 Å².